The largest absolute Gasteiger partial charge is 0.370 e. The molecule has 3 amide bonds. The third kappa shape index (κ3) is 7.65. The first-order valence-corrected chi connectivity index (χ1v) is 12.9. The summed E-state index contributed by atoms with van der Waals surface area (Å²) in [5.41, 5.74) is 13.8. The first-order valence-electron chi connectivity index (χ1n) is 12.9. The van der Waals surface area contributed by atoms with Crippen LogP contribution in [0, 0.1) is 0 Å². The molecule has 39 heavy (non-hydrogen) atoms. The Morgan fingerprint density at radius 1 is 0.795 bits per heavy atom. The molecule has 0 spiro atoms. The Morgan fingerprint density at radius 2 is 1.28 bits per heavy atom. The van der Waals surface area contributed by atoms with Crippen molar-refractivity contribution >= 4 is 40.7 Å². The van der Waals surface area contributed by atoms with Crippen molar-refractivity contribution in [2.24, 2.45) is 16.5 Å². The van der Waals surface area contributed by atoms with Crippen molar-refractivity contribution in [1.29, 1.82) is 0 Å². The monoisotopic (exact) mass is 527 g/mol. The molecule has 3 aromatic rings. The zero-order valence-corrected chi connectivity index (χ0v) is 21.8. The number of guanidine groups is 1. The van der Waals surface area contributed by atoms with Gasteiger partial charge in [0.25, 0.3) is 17.7 Å². The van der Waals surface area contributed by atoms with Crippen molar-refractivity contribution in [2.45, 2.75) is 25.8 Å². The third-order valence-corrected chi connectivity index (χ3v) is 6.49. The van der Waals surface area contributed by atoms with E-state index in [1.54, 1.807) is 72.8 Å². The van der Waals surface area contributed by atoms with Crippen LogP contribution in [0.2, 0.25) is 0 Å². The Balaban J connectivity index is 1.29. The van der Waals surface area contributed by atoms with Gasteiger partial charge in [0, 0.05) is 40.7 Å². The number of likely N-dealkylation sites (tertiary alicyclic amines) is 1. The molecule has 1 aliphatic heterocycles. The van der Waals surface area contributed by atoms with Crippen molar-refractivity contribution in [1.82, 2.24) is 10.2 Å². The number of carbonyl (C=O) groups excluding carboxylic acids is 3. The van der Waals surface area contributed by atoms with E-state index in [4.69, 9.17) is 11.5 Å². The number of benzene rings is 3. The molecule has 1 aliphatic rings. The van der Waals surface area contributed by atoms with Gasteiger partial charge in [0.1, 0.15) is 0 Å². The number of hydrogen-bond acceptors (Lipinski definition) is 5. The number of likely N-dealkylation sites (N-methyl/N-ethyl adjacent to an activating group) is 1. The summed E-state index contributed by atoms with van der Waals surface area (Å²) in [6.45, 7) is 5.05. The number of anilines is 2. The predicted molar refractivity (Wildman–Crippen MR) is 153 cm³/mol. The van der Waals surface area contributed by atoms with Crippen LogP contribution < -0.4 is 27.4 Å². The van der Waals surface area contributed by atoms with Crippen LogP contribution >= 0.6 is 0 Å². The Kier molecular flexibility index (Phi) is 8.90. The maximum absolute atomic E-state index is 12.7. The fraction of sp³-hybridized carbons (Fsp3) is 0.241. The first-order chi connectivity index (χ1) is 18.8. The van der Waals surface area contributed by atoms with Gasteiger partial charge in [0.15, 0.2) is 5.96 Å². The number of aliphatic imine (C=N–C) groups is 1. The average molecular weight is 528 g/mol. The summed E-state index contributed by atoms with van der Waals surface area (Å²) in [6, 6.07) is 20.0. The van der Waals surface area contributed by atoms with E-state index in [2.05, 4.69) is 32.8 Å². The van der Waals surface area contributed by atoms with Crippen LogP contribution in [0.5, 0.6) is 0 Å². The minimum atomic E-state index is -0.307. The van der Waals surface area contributed by atoms with Gasteiger partial charge in [-0.25, -0.2) is 4.99 Å². The number of nitrogens with two attached hydrogens (primary N) is 2. The van der Waals surface area contributed by atoms with Crippen LogP contribution in [0.25, 0.3) is 0 Å². The Labute approximate surface area is 227 Å². The summed E-state index contributed by atoms with van der Waals surface area (Å²) in [4.78, 5) is 44.1. The molecule has 0 aliphatic carbocycles. The Hall–Kier alpha value is -4.70. The van der Waals surface area contributed by atoms with Crippen LogP contribution in [0.1, 0.15) is 50.8 Å². The van der Waals surface area contributed by atoms with Gasteiger partial charge in [-0.1, -0.05) is 6.92 Å². The zero-order chi connectivity index (χ0) is 27.8. The van der Waals surface area contributed by atoms with E-state index in [-0.39, 0.29) is 29.7 Å². The normalized spacial score (nSPS) is 15.2. The minimum absolute atomic E-state index is 0.0608. The van der Waals surface area contributed by atoms with E-state index >= 15 is 0 Å². The summed E-state index contributed by atoms with van der Waals surface area (Å²) < 4.78 is 0. The highest BCUT2D eigenvalue weighted by molar-refractivity contribution is 6.06. The first kappa shape index (κ1) is 27.3. The van der Waals surface area contributed by atoms with Crippen LogP contribution in [-0.4, -0.2) is 54.3 Å². The van der Waals surface area contributed by atoms with Gasteiger partial charge < -0.3 is 32.3 Å². The molecular formula is C29H33N7O3. The molecule has 1 fully saturated rings. The number of rotatable bonds is 8. The zero-order valence-electron chi connectivity index (χ0n) is 21.8. The molecule has 0 saturated carbocycles. The van der Waals surface area contributed by atoms with Gasteiger partial charge in [0.05, 0.1) is 5.69 Å². The molecule has 7 N–H and O–H groups in total. The number of nitrogens with zero attached hydrogens (tertiary/aromatic N) is 2. The predicted octanol–water partition coefficient (Wildman–Crippen LogP) is 3.31. The molecule has 202 valence electrons. The molecule has 1 heterocycles. The quantitative estimate of drug-likeness (QED) is 0.224. The van der Waals surface area contributed by atoms with Crippen LogP contribution in [-0.2, 0) is 0 Å². The summed E-state index contributed by atoms with van der Waals surface area (Å²) in [7, 11) is 0. The van der Waals surface area contributed by atoms with Gasteiger partial charge in [0.2, 0.25) is 0 Å². The molecule has 1 atom stereocenters. The van der Waals surface area contributed by atoms with E-state index in [0.29, 0.717) is 33.8 Å². The maximum Gasteiger partial charge on any atom is 0.255 e. The van der Waals surface area contributed by atoms with E-state index in [1.807, 2.05) is 0 Å². The summed E-state index contributed by atoms with van der Waals surface area (Å²) in [5, 5.41) is 8.73. The summed E-state index contributed by atoms with van der Waals surface area (Å²) >= 11 is 0. The standard InChI is InChI=1S/C29H33N7O3/c1-2-36-17-3-4-25(18-36)34-28(39)21-7-13-23(14-8-21)32-26(37)19-5-11-22(12-6-19)33-27(38)20-9-15-24(16-10-20)35-29(30)31/h5-16,25H,2-4,17-18H2,1H3,(H,32,37)(H,33,38)(H,34,39)(H4,30,31,35). The third-order valence-electron chi connectivity index (χ3n) is 6.49. The Bertz CT molecular complexity index is 1330. The molecule has 4 rings (SSSR count). The fourth-order valence-corrected chi connectivity index (χ4v) is 4.38. The van der Waals surface area contributed by atoms with Crippen molar-refractivity contribution in [3.05, 3.63) is 89.5 Å². The smallest absolute Gasteiger partial charge is 0.255 e. The van der Waals surface area contributed by atoms with Gasteiger partial charge in [-0.15, -0.1) is 0 Å². The summed E-state index contributed by atoms with van der Waals surface area (Å²) in [5.74, 6) is -0.784. The average Bonchev–Trinajstić information content (AvgIpc) is 2.94. The lowest BCUT2D eigenvalue weighted by Gasteiger charge is -2.32. The van der Waals surface area contributed by atoms with Crippen LogP contribution in [0.15, 0.2) is 77.8 Å². The van der Waals surface area contributed by atoms with E-state index in [9.17, 15) is 14.4 Å². The molecule has 0 radical (unpaired) electrons. The van der Waals surface area contributed by atoms with Gasteiger partial charge in [-0.3, -0.25) is 14.4 Å². The lowest BCUT2D eigenvalue weighted by Crippen LogP contribution is -2.47. The molecular weight excluding hydrogens is 494 g/mol. The second kappa shape index (κ2) is 12.7. The van der Waals surface area contributed by atoms with Crippen LogP contribution in [0.4, 0.5) is 17.1 Å². The van der Waals surface area contributed by atoms with Crippen molar-refractivity contribution in [3.63, 3.8) is 0 Å². The number of amides is 3. The van der Waals surface area contributed by atoms with Crippen molar-refractivity contribution < 1.29 is 14.4 Å². The number of hydrogen-bond donors (Lipinski definition) is 5. The second-order valence-electron chi connectivity index (χ2n) is 9.35. The molecule has 0 aromatic heterocycles. The molecule has 3 aromatic carbocycles. The second-order valence-corrected chi connectivity index (χ2v) is 9.35. The highest BCUT2D eigenvalue weighted by Gasteiger charge is 2.21. The molecule has 0 bridgehead atoms. The van der Waals surface area contributed by atoms with E-state index < -0.39 is 0 Å². The molecule has 10 nitrogen and oxygen atoms in total. The lowest BCUT2D eigenvalue weighted by molar-refractivity contribution is 0.0905. The lowest BCUT2D eigenvalue weighted by atomic mass is 10.0. The number of nitrogens with one attached hydrogen (secondary N) is 3. The highest BCUT2D eigenvalue weighted by atomic mass is 16.2. The van der Waals surface area contributed by atoms with Crippen molar-refractivity contribution in [3.8, 4) is 0 Å². The molecule has 10 heteroatoms. The SMILES string of the molecule is CCN1CCCC(NC(=O)c2ccc(NC(=O)c3ccc(NC(=O)c4ccc(N=C(N)N)cc4)cc3)cc2)C1. The van der Waals surface area contributed by atoms with E-state index in [1.165, 1.54) is 0 Å². The minimum Gasteiger partial charge on any atom is -0.370 e. The molecule has 1 unspecified atom stereocenters. The number of carbonyl (C=O) groups is 3. The summed E-state index contributed by atoms with van der Waals surface area (Å²) in [6.07, 6.45) is 2.05. The fourth-order valence-electron chi connectivity index (χ4n) is 4.38. The highest BCUT2D eigenvalue weighted by Crippen LogP contribution is 2.17. The maximum atomic E-state index is 12.7. The Morgan fingerprint density at radius 3 is 1.77 bits per heavy atom. The topological polar surface area (TPSA) is 155 Å². The van der Waals surface area contributed by atoms with Gasteiger partial charge in [-0.05, 0) is 98.7 Å². The molecule has 1 saturated heterocycles. The van der Waals surface area contributed by atoms with Crippen molar-refractivity contribution in [2.75, 3.05) is 30.3 Å². The van der Waals surface area contributed by atoms with E-state index in [0.717, 1.165) is 32.5 Å². The van der Waals surface area contributed by atoms with Gasteiger partial charge in [-0.2, -0.15) is 0 Å². The van der Waals surface area contributed by atoms with Gasteiger partial charge >= 0.3 is 0 Å². The number of piperidine rings is 1. The van der Waals surface area contributed by atoms with Crippen LogP contribution in [0.3, 0.4) is 0 Å².